The lowest BCUT2D eigenvalue weighted by atomic mass is 10.2. The first-order valence-electron chi connectivity index (χ1n) is 4.72. The second-order valence-corrected chi connectivity index (χ2v) is 3.77. The molecule has 4 nitrogen and oxygen atoms in total. The number of aryl methyl sites for hydroxylation is 1. The van der Waals surface area contributed by atoms with Crippen molar-refractivity contribution < 1.29 is 4.79 Å². The van der Waals surface area contributed by atoms with E-state index in [9.17, 15) is 4.79 Å². The van der Waals surface area contributed by atoms with Crippen molar-refractivity contribution in [2.24, 2.45) is 4.99 Å². The van der Waals surface area contributed by atoms with Gasteiger partial charge in [-0.1, -0.05) is 11.6 Å². The van der Waals surface area contributed by atoms with Crippen molar-refractivity contribution in [1.29, 1.82) is 0 Å². The largest absolute Gasteiger partial charge is 0.357 e. The molecule has 0 fully saturated rings. The molecule has 0 spiro atoms. The third kappa shape index (κ3) is 1.92. The van der Waals surface area contributed by atoms with E-state index >= 15 is 0 Å². The van der Waals surface area contributed by atoms with Crippen molar-refractivity contribution in [2.75, 3.05) is 0 Å². The van der Waals surface area contributed by atoms with Gasteiger partial charge < -0.3 is 10.3 Å². The highest BCUT2D eigenvalue weighted by atomic mass is 35.5. The number of amides is 1. The molecule has 1 aromatic carbocycles. The second kappa shape index (κ2) is 4.37. The van der Waals surface area contributed by atoms with E-state index in [-0.39, 0.29) is 0 Å². The van der Waals surface area contributed by atoms with Crippen molar-refractivity contribution in [3.63, 3.8) is 0 Å². The number of hydrogen-bond acceptors (Lipinski definition) is 2. The lowest BCUT2D eigenvalue weighted by molar-refractivity contribution is -0.108. The summed E-state index contributed by atoms with van der Waals surface area (Å²) in [6.45, 7) is 1.92. The quantitative estimate of drug-likeness (QED) is 0.479. The molecule has 2 aromatic rings. The van der Waals surface area contributed by atoms with Crippen LogP contribution in [0.1, 0.15) is 5.69 Å². The van der Waals surface area contributed by atoms with Crippen LogP contribution in [0.5, 0.6) is 0 Å². The highest BCUT2D eigenvalue weighted by Crippen LogP contribution is 2.31. The number of aliphatic imine (C=N–C) groups is 1. The summed E-state index contributed by atoms with van der Waals surface area (Å²) in [7, 11) is 0. The Bertz CT molecular complexity index is 560. The Morgan fingerprint density at radius 3 is 3.06 bits per heavy atom. The third-order valence-electron chi connectivity index (χ3n) is 2.25. The number of benzene rings is 1. The zero-order valence-electron chi connectivity index (χ0n) is 8.62. The number of carbonyl (C=O) groups excluding carboxylic acids is 1. The summed E-state index contributed by atoms with van der Waals surface area (Å²) < 4.78 is 0. The minimum atomic E-state index is 0.570. The third-order valence-corrected chi connectivity index (χ3v) is 2.49. The smallest absolute Gasteiger partial charge is 0.212 e. The molecule has 0 aliphatic heterocycles. The first kappa shape index (κ1) is 10.7. The van der Waals surface area contributed by atoms with Gasteiger partial charge in [0.15, 0.2) is 0 Å². The number of aromatic amines is 1. The van der Waals surface area contributed by atoms with E-state index in [0.29, 0.717) is 11.4 Å². The molecule has 16 heavy (non-hydrogen) atoms. The van der Waals surface area contributed by atoms with Crippen LogP contribution in [0.2, 0.25) is 5.02 Å². The van der Waals surface area contributed by atoms with Crippen LogP contribution in [-0.2, 0) is 4.79 Å². The number of aromatic nitrogens is 1. The van der Waals surface area contributed by atoms with Gasteiger partial charge in [-0.2, -0.15) is 0 Å². The number of halogens is 1. The van der Waals surface area contributed by atoms with Crippen LogP contribution in [0.3, 0.4) is 0 Å². The molecular weight excluding hydrogens is 226 g/mol. The fraction of sp³-hybridized carbons (Fsp3) is 0.0909. The zero-order chi connectivity index (χ0) is 11.5. The minimum absolute atomic E-state index is 0.570. The minimum Gasteiger partial charge on any atom is -0.357 e. The molecule has 0 saturated carbocycles. The standard InChI is InChI=1S/C11H10ClN3O/c1-7-11(14-5-13-6-16)9-4-8(12)2-3-10(9)15-7/h2-6,15H,1H3,(H,13,14,16). The van der Waals surface area contributed by atoms with Gasteiger partial charge in [0.05, 0.1) is 12.0 Å². The first-order valence-corrected chi connectivity index (χ1v) is 5.10. The molecule has 0 aliphatic carbocycles. The van der Waals surface area contributed by atoms with E-state index in [2.05, 4.69) is 15.3 Å². The van der Waals surface area contributed by atoms with Gasteiger partial charge in [0.1, 0.15) is 0 Å². The molecule has 2 N–H and O–H groups in total. The molecule has 0 bridgehead atoms. The van der Waals surface area contributed by atoms with E-state index in [1.54, 1.807) is 0 Å². The van der Waals surface area contributed by atoms with Gasteiger partial charge in [-0.05, 0) is 25.1 Å². The Morgan fingerprint density at radius 2 is 2.31 bits per heavy atom. The molecule has 2 rings (SSSR count). The van der Waals surface area contributed by atoms with Crippen LogP contribution < -0.4 is 5.32 Å². The van der Waals surface area contributed by atoms with Gasteiger partial charge in [0, 0.05) is 21.6 Å². The second-order valence-electron chi connectivity index (χ2n) is 3.33. The average molecular weight is 236 g/mol. The number of nitrogens with zero attached hydrogens (tertiary/aromatic N) is 1. The molecule has 0 atom stereocenters. The van der Waals surface area contributed by atoms with Crippen LogP contribution in [0.15, 0.2) is 23.2 Å². The number of fused-ring (bicyclic) bond motifs is 1. The molecule has 0 aliphatic rings. The molecular formula is C11H10ClN3O. The summed E-state index contributed by atoms with van der Waals surface area (Å²) in [6.07, 6.45) is 1.92. The molecule has 0 unspecified atom stereocenters. The van der Waals surface area contributed by atoms with Gasteiger partial charge >= 0.3 is 0 Å². The predicted octanol–water partition coefficient (Wildman–Crippen LogP) is 2.54. The maximum Gasteiger partial charge on any atom is 0.212 e. The van der Waals surface area contributed by atoms with Crippen molar-refractivity contribution in [3.8, 4) is 0 Å². The number of nitrogens with one attached hydrogen (secondary N) is 2. The lowest BCUT2D eigenvalue weighted by Crippen LogP contribution is -2.05. The van der Waals surface area contributed by atoms with Crippen molar-refractivity contribution in [1.82, 2.24) is 10.3 Å². The van der Waals surface area contributed by atoms with Crippen molar-refractivity contribution in [3.05, 3.63) is 28.9 Å². The number of hydrogen-bond donors (Lipinski definition) is 2. The molecule has 1 aromatic heterocycles. The number of H-pyrrole nitrogens is 1. The first-order chi connectivity index (χ1) is 7.72. The Balaban J connectivity index is 2.53. The summed E-state index contributed by atoms with van der Waals surface area (Å²) in [5, 5.41) is 3.97. The molecule has 82 valence electrons. The normalized spacial score (nSPS) is 11.1. The number of carbonyl (C=O) groups is 1. The average Bonchev–Trinajstić information content (AvgIpc) is 2.56. The van der Waals surface area contributed by atoms with E-state index in [0.717, 1.165) is 22.3 Å². The summed E-state index contributed by atoms with van der Waals surface area (Å²) >= 11 is 5.92. The Hall–Kier alpha value is -1.81. The highest BCUT2D eigenvalue weighted by Gasteiger charge is 2.06. The van der Waals surface area contributed by atoms with Crippen LogP contribution in [-0.4, -0.2) is 17.7 Å². The van der Waals surface area contributed by atoms with Crippen LogP contribution >= 0.6 is 11.6 Å². The molecule has 0 saturated heterocycles. The summed E-state index contributed by atoms with van der Waals surface area (Å²) in [5.41, 5.74) is 2.69. The monoisotopic (exact) mass is 235 g/mol. The van der Waals surface area contributed by atoms with Crippen LogP contribution in [0.25, 0.3) is 10.9 Å². The van der Waals surface area contributed by atoms with Gasteiger partial charge in [-0.3, -0.25) is 4.79 Å². The summed E-state index contributed by atoms with van der Waals surface area (Å²) in [6, 6.07) is 5.56. The van der Waals surface area contributed by atoms with Gasteiger partial charge in [0.2, 0.25) is 6.41 Å². The molecule has 1 amide bonds. The molecule has 1 heterocycles. The number of rotatable bonds is 3. The Labute approximate surface area is 97.3 Å². The fourth-order valence-electron chi connectivity index (χ4n) is 1.58. The van der Waals surface area contributed by atoms with Gasteiger partial charge in [-0.25, -0.2) is 4.99 Å². The van der Waals surface area contributed by atoms with Gasteiger partial charge in [-0.15, -0.1) is 0 Å². The van der Waals surface area contributed by atoms with E-state index in [4.69, 9.17) is 11.6 Å². The lowest BCUT2D eigenvalue weighted by Gasteiger charge is -1.94. The zero-order valence-corrected chi connectivity index (χ0v) is 9.38. The van der Waals surface area contributed by atoms with Crippen molar-refractivity contribution in [2.45, 2.75) is 6.92 Å². The maximum atomic E-state index is 10.1. The topological polar surface area (TPSA) is 57.2 Å². The fourth-order valence-corrected chi connectivity index (χ4v) is 1.76. The Kier molecular flexibility index (Phi) is 2.92. The SMILES string of the molecule is Cc1[nH]c2ccc(Cl)cc2c1N=CNC=O. The summed E-state index contributed by atoms with van der Waals surface area (Å²) in [4.78, 5) is 17.5. The Morgan fingerprint density at radius 1 is 1.50 bits per heavy atom. The highest BCUT2D eigenvalue weighted by molar-refractivity contribution is 6.31. The van der Waals surface area contributed by atoms with E-state index in [1.807, 2.05) is 25.1 Å². The van der Waals surface area contributed by atoms with E-state index < -0.39 is 0 Å². The maximum absolute atomic E-state index is 10.1. The van der Waals surface area contributed by atoms with Crippen LogP contribution in [0.4, 0.5) is 5.69 Å². The summed E-state index contributed by atoms with van der Waals surface area (Å²) in [5.74, 6) is 0. The molecule has 0 radical (unpaired) electrons. The van der Waals surface area contributed by atoms with Crippen LogP contribution in [0, 0.1) is 6.92 Å². The van der Waals surface area contributed by atoms with E-state index in [1.165, 1.54) is 6.34 Å². The predicted molar refractivity (Wildman–Crippen MR) is 65.4 cm³/mol. The van der Waals surface area contributed by atoms with Crippen molar-refractivity contribution >= 4 is 40.9 Å². The molecule has 5 heteroatoms. The van der Waals surface area contributed by atoms with Gasteiger partial charge in [0.25, 0.3) is 0 Å².